The van der Waals surface area contributed by atoms with E-state index in [-0.39, 0.29) is 0 Å². The van der Waals surface area contributed by atoms with Crippen LogP contribution in [0.15, 0.2) is 24.3 Å². The van der Waals surface area contributed by atoms with Crippen molar-refractivity contribution in [1.82, 2.24) is 10.9 Å². The van der Waals surface area contributed by atoms with Gasteiger partial charge in [-0.1, -0.05) is 0 Å². The van der Waals surface area contributed by atoms with E-state index in [1.165, 1.54) is 24.3 Å². The van der Waals surface area contributed by atoms with E-state index in [1.807, 2.05) is 0 Å². The summed E-state index contributed by atoms with van der Waals surface area (Å²) in [6, 6.07) is 5.21. The predicted molar refractivity (Wildman–Crippen MR) is 50.5 cm³/mol. The first kappa shape index (κ1) is 10.9. The Morgan fingerprint density at radius 3 is 2.27 bits per heavy atom. The number of hydrogen-bond donors (Lipinski definition) is 4. The molecule has 0 spiro atoms. The van der Waals surface area contributed by atoms with Gasteiger partial charge in [-0.05, 0) is 24.3 Å². The van der Waals surface area contributed by atoms with E-state index in [4.69, 9.17) is 5.84 Å². The predicted octanol–water partition coefficient (Wildman–Crippen LogP) is -0.741. The van der Waals surface area contributed by atoms with Gasteiger partial charge in [-0.25, -0.2) is 10.2 Å². The van der Waals surface area contributed by atoms with Crippen molar-refractivity contribution >= 4 is 17.5 Å². The largest absolute Gasteiger partial charge is 0.328 e. The Labute approximate surface area is 84.6 Å². The van der Waals surface area contributed by atoms with Crippen molar-refractivity contribution in [2.24, 2.45) is 5.84 Å². The number of rotatable bonds is 2. The van der Waals surface area contributed by atoms with Crippen molar-refractivity contribution in [3.63, 3.8) is 0 Å². The summed E-state index contributed by atoms with van der Waals surface area (Å²) in [5, 5.41) is 0. The number of carbonyl (C=O) groups is 2. The summed E-state index contributed by atoms with van der Waals surface area (Å²) in [4.78, 5) is 21.5. The van der Waals surface area contributed by atoms with Crippen LogP contribution in [0.4, 0.5) is 10.1 Å². The van der Waals surface area contributed by atoms with Crippen molar-refractivity contribution in [3.8, 4) is 0 Å². The molecule has 80 valence electrons. The zero-order valence-electron chi connectivity index (χ0n) is 7.58. The van der Waals surface area contributed by atoms with Gasteiger partial charge in [0.15, 0.2) is 0 Å². The second-order valence-electron chi connectivity index (χ2n) is 2.56. The molecule has 5 N–H and O–H groups in total. The van der Waals surface area contributed by atoms with Crippen molar-refractivity contribution < 1.29 is 14.0 Å². The lowest BCUT2D eigenvalue weighted by molar-refractivity contribution is -0.138. The van der Waals surface area contributed by atoms with Gasteiger partial charge in [0.25, 0.3) is 0 Å². The van der Waals surface area contributed by atoms with Gasteiger partial charge in [0.2, 0.25) is 0 Å². The zero-order chi connectivity index (χ0) is 11.3. The molecule has 0 saturated carbocycles. The fourth-order valence-electron chi connectivity index (χ4n) is 0.784. The van der Waals surface area contributed by atoms with Crippen LogP contribution in [-0.4, -0.2) is 11.8 Å². The zero-order valence-corrected chi connectivity index (χ0v) is 7.58. The van der Waals surface area contributed by atoms with Crippen LogP contribution >= 0.6 is 0 Å². The molecule has 0 heterocycles. The third-order valence-electron chi connectivity index (χ3n) is 1.50. The molecule has 6 nitrogen and oxygen atoms in total. The SMILES string of the molecule is NNC(=O)C(=O)NNc1ccc(F)cc1. The summed E-state index contributed by atoms with van der Waals surface area (Å²) in [5.41, 5.74) is 6.57. The first-order valence-corrected chi connectivity index (χ1v) is 3.96. The Morgan fingerprint density at radius 2 is 1.73 bits per heavy atom. The van der Waals surface area contributed by atoms with Crippen molar-refractivity contribution in [2.75, 3.05) is 5.43 Å². The summed E-state index contributed by atoms with van der Waals surface area (Å²) in [7, 11) is 0. The van der Waals surface area contributed by atoms with E-state index in [1.54, 1.807) is 5.43 Å². The number of nitrogens with one attached hydrogen (secondary N) is 3. The number of hydrazine groups is 2. The second kappa shape index (κ2) is 4.91. The standard InChI is InChI=1S/C8H9FN4O2/c9-5-1-3-6(4-2-5)12-13-8(15)7(14)11-10/h1-4,12H,10H2,(H,11,14)(H,13,15). The number of benzene rings is 1. The van der Waals surface area contributed by atoms with Gasteiger partial charge >= 0.3 is 11.8 Å². The van der Waals surface area contributed by atoms with Crippen LogP contribution in [0.2, 0.25) is 0 Å². The molecule has 0 aliphatic carbocycles. The molecule has 0 radical (unpaired) electrons. The molecule has 7 heteroatoms. The lowest BCUT2D eigenvalue weighted by Crippen LogP contribution is -2.45. The van der Waals surface area contributed by atoms with Crippen LogP contribution in [0, 0.1) is 5.82 Å². The minimum atomic E-state index is -0.982. The third-order valence-corrected chi connectivity index (χ3v) is 1.50. The average molecular weight is 212 g/mol. The van der Waals surface area contributed by atoms with Gasteiger partial charge in [0, 0.05) is 0 Å². The van der Waals surface area contributed by atoms with Crippen LogP contribution < -0.4 is 22.1 Å². The smallest absolute Gasteiger partial charge is 0.298 e. The van der Waals surface area contributed by atoms with E-state index >= 15 is 0 Å². The van der Waals surface area contributed by atoms with Crippen molar-refractivity contribution in [3.05, 3.63) is 30.1 Å². The highest BCUT2D eigenvalue weighted by molar-refractivity contribution is 6.35. The fraction of sp³-hybridized carbons (Fsp3) is 0. The van der Waals surface area contributed by atoms with Crippen molar-refractivity contribution in [1.29, 1.82) is 0 Å². The average Bonchev–Trinajstić information content (AvgIpc) is 2.26. The van der Waals surface area contributed by atoms with Crippen LogP contribution in [0.25, 0.3) is 0 Å². The number of hydrogen-bond acceptors (Lipinski definition) is 4. The summed E-state index contributed by atoms with van der Waals surface area (Å²) in [6.07, 6.45) is 0. The first-order valence-electron chi connectivity index (χ1n) is 3.96. The number of carbonyl (C=O) groups excluding carboxylic acids is 2. The van der Waals surface area contributed by atoms with E-state index in [0.29, 0.717) is 5.69 Å². The molecule has 1 aromatic rings. The number of nitrogens with two attached hydrogens (primary N) is 1. The maximum atomic E-state index is 12.5. The molecule has 0 fully saturated rings. The summed E-state index contributed by atoms with van der Waals surface area (Å²) >= 11 is 0. The van der Waals surface area contributed by atoms with Crippen LogP contribution in [0.1, 0.15) is 0 Å². The molecular weight excluding hydrogens is 203 g/mol. The molecule has 2 amide bonds. The molecule has 1 aromatic carbocycles. The van der Waals surface area contributed by atoms with Gasteiger partial charge in [-0.15, -0.1) is 0 Å². The van der Waals surface area contributed by atoms with Crippen LogP contribution in [-0.2, 0) is 9.59 Å². The molecule has 0 aliphatic rings. The van der Waals surface area contributed by atoms with E-state index in [9.17, 15) is 14.0 Å². The molecule has 0 bridgehead atoms. The summed E-state index contributed by atoms with van der Waals surface area (Å²) in [6.45, 7) is 0. The van der Waals surface area contributed by atoms with Crippen LogP contribution in [0.3, 0.4) is 0 Å². The lowest BCUT2D eigenvalue weighted by atomic mass is 10.3. The monoisotopic (exact) mass is 212 g/mol. The minimum absolute atomic E-state index is 0.397. The van der Waals surface area contributed by atoms with E-state index in [2.05, 4.69) is 10.9 Å². The second-order valence-corrected chi connectivity index (χ2v) is 2.56. The topological polar surface area (TPSA) is 96.2 Å². The Balaban J connectivity index is 2.47. The van der Waals surface area contributed by atoms with Gasteiger partial charge in [0.05, 0.1) is 5.69 Å². The molecule has 0 saturated heterocycles. The molecule has 0 unspecified atom stereocenters. The lowest BCUT2D eigenvalue weighted by Gasteiger charge is -2.06. The summed E-state index contributed by atoms with van der Waals surface area (Å²) in [5.74, 6) is 2.40. The molecule has 1 rings (SSSR count). The first-order chi connectivity index (χ1) is 7.13. The fourth-order valence-corrected chi connectivity index (χ4v) is 0.784. The Morgan fingerprint density at radius 1 is 1.13 bits per heavy atom. The molecular formula is C8H9FN4O2. The number of halogens is 1. The van der Waals surface area contributed by atoms with Gasteiger partial charge in [-0.3, -0.25) is 25.9 Å². The Bertz CT molecular complexity index is 365. The maximum absolute atomic E-state index is 12.5. The number of anilines is 1. The minimum Gasteiger partial charge on any atom is -0.298 e. The molecule has 0 atom stereocenters. The van der Waals surface area contributed by atoms with E-state index in [0.717, 1.165) is 0 Å². The van der Waals surface area contributed by atoms with Crippen LogP contribution in [0.5, 0.6) is 0 Å². The summed E-state index contributed by atoms with van der Waals surface area (Å²) < 4.78 is 12.5. The Hall–Kier alpha value is -2.15. The van der Waals surface area contributed by atoms with E-state index < -0.39 is 17.6 Å². The third kappa shape index (κ3) is 3.24. The highest BCUT2D eigenvalue weighted by atomic mass is 19.1. The Kier molecular flexibility index (Phi) is 3.58. The van der Waals surface area contributed by atoms with Gasteiger partial charge in [0.1, 0.15) is 5.82 Å². The molecule has 15 heavy (non-hydrogen) atoms. The molecule has 0 aromatic heterocycles. The quantitative estimate of drug-likeness (QED) is 0.225. The molecule has 0 aliphatic heterocycles. The van der Waals surface area contributed by atoms with Gasteiger partial charge in [-0.2, -0.15) is 0 Å². The highest BCUT2D eigenvalue weighted by Gasteiger charge is 2.10. The highest BCUT2D eigenvalue weighted by Crippen LogP contribution is 2.06. The number of amides is 2. The van der Waals surface area contributed by atoms with Crippen molar-refractivity contribution in [2.45, 2.75) is 0 Å². The van der Waals surface area contributed by atoms with Gasteiger partial charge < -0.3 is 0 Å². The normalized spacial score (nSPS) is 9.20. The maximum Gasteiger partial charge on any atom is 0.328 e.